The second-order valence-corrected chi connectivity index (χ2v) is 7.38. The molecule has 0 aliphatic heterocycles. The minimum atomic E-state index is -0.357. The molecular weight excluding hydrogens is 304 g/mol. The fourth-order valence-corrected chi connectivity index (χ4v) is 3.05. The number of ether oxygens (including phenoxy) is 1. The van der Waals surface area contributed by atoms with Gasteiger partial charge in [-0.05, 0) is 55.5 Å². The maximum absolute atomic E-state index is 6.62. The van der Waals surface area contributed by atoms with Crippen molar-refractivity contribution >= 4 is 11.6 Å². The van der Waals surface area contributed by atoms with E-state index in [2.05, 4.69) is 39.0 Å². The Kier molecular flexibility index (Phi) is 6.53. The fourth-order valence-electron chi connectivity index (χ4n) is 2.88. The molecule has 2 aromatic carbocycles. The molecule has 0 heterocycles. The summed E-state index contributed by atoms with van der Waals surface area (Å²) in [7, 11) is 0. The zero-order chi connectivity index (χ0) is 16.7. The molecule has 2 heteroatoms. The molecular formula is C21H27ClO. The van der Waals surface area contributed by atoms with Crippen LogP contribution in [0.4, 0.5) is 0 Å². The van der Waals surface area contributed by atoms with Gasteiger partial charge in [0.05, 0.1) is 11.5 Å². The Balaban J connectivity index is 2.16. The zero-order valence-electron chi connectivity index (χ0n) is 14.4. The van der Waals surface area contributed by atoms with E-state index < -0.39 is 0 Å². The number of halogens is 1. The summed E-state index contributed by atoms with van der Waals surface area (Å²) in [5.41, 5.74) is 4.00. The van der Waals surface area contributed by atoms with Crippen molar-refractivity contribution in [2.75, 3.05) is 6.61 Å². The van der Waals surface area contributed by atoms with Crippen molar-refractivity contribution in [2.24, 2.45) is 0 Å². The maximum Gasteiger partial charge on any atom is 0.119 e. The molecule has 0 N–H and O–H groups in total. The smallest absolute Gasteiger partial charge is 0.119 e. The lowest BCUT2D eigenvalue weighted by atomic mass is 9.89. The summed E-state index contributed by atoms with van der Waals surface area (Å²) in [5, 5.41) is 0. The Hall–Kier alpha value is -1.47. The minimum Gasteiger partial charge on any atom is -0.493 e. The van der Waals surface area contributed by atoms with Gasteiger partial charge in [-0.2, -0.15) is 0 Å². The summed E-state index contributed by atoms with van der Waals surface area (Å²) < 4.78 is 5.89. The number of hydrogen-bond donors (Lipinski definition) is 0. The third-order valence-corrected chi connectivity index (χ3v) is 4.28. The first-order valence-corrected chi connectivity index (χ1v) is 8.88. The van der Waals surface area contributed by atoms with Gasteiger partial charge in [0.2, 0.25) is 0 Å². The number of aryl methyl sites for hydroxylation is 1. The first-order valence-electron chi connectivity index (χ1n) is 8.50. The molecule has 0 aliphatic carbocycles. The molecule has 0 atom stereocenters. The summed E-state index contributed by atoms with van der Waals surface area (Å²) in [6.45, 7) is 7.03. The Bertz CT molecular complexity index is 599. The molecule has 2 rings (SSSR count). The van der Waals surface area contributed by atoms with Crippen LogP contribution in [0.2, 0.25) is 0 Å². The van der Waals surface area contributed by atoms with E-state index in [-0.39, 0.29) is 4.87 Å². The van der Waals surface area contributed by atoms with Crippen LogP contribution in [0.25, 0.3) is 0 Å². The molecule has 0 spiro atoms. The standard InChI is InChI=1S/C21H27ClO/c1-4-5-10-17-11-9-14-20(21(2,3)22)19(17)15-16-23-18-12-7-6-8-13-18/h6-9,11-14H,4-5,10,15-16H2,1-3H3. The van der Waals surface area contributed by atoms with Crippen LogP contribution in [0.5, 0.6) is 5.75 Å². The highest BCUT2D eigenvalue weighted by molar-refractivity contribution is 6.23. The average Bonchev–Trinajstić information content (AvgIpc) is 2.53. The van der Waals surface area contributed by atoms with Crippen LogP contribution >= 0.6 is 11.6 Å². The Labute approximate surface area is 145 Å². The van der Waals surface area contributed by atoms with Crippen LogP contribution in [0.15, 0.2) is 48.5 Å². The van der Waals surface area contributed by atoms with E-state index in [9.17, 15) is 0 Å². The number of alkyl halides is 1. The highest BCUT2D eigenvalue weighted by Gasteiger charge is 2.21. The fraction of sp³-hybridized carbons (Fsp3) is 0.429. The lowest BCUT2D eigenvalue weighted by Crippen LogP contribution is -2.15. The van der Waals surface area contributed by atoms with E-state index in [0.29, 0.717) is 6.61 Å². The van der Waals surface area contributed by atoms with Gasteiger partial charge < -0.3 is 4.74 Å². The van der Waals surface area contributed by atoms with Gasteiger partial charge in [0, 0.05) is 6.42 Å². The first kappa shape index (κ1) is 17.9. The normalized spacial score (nSPS) is 11.5. The van der Waals surface area contributed by atoms with E-state index >= 15 is 0 Å². The lowest BCUT2D eigenvalue weighted by Gasteiger charge is -2.23. The second-order valence-electron chi connectivity index (χ2n) is 6.43. The Morgan fingerprint density at radius 3 is 2.35 bits per heavy atom. The van der Waals surface area contributed by atoms with Gasteiger partial charge >= 0.3 is 0 Å². The van der Waals surface area contributed by atoms with Crippen LogP contribution < -0.4 is 4.74 Å². The monoisotopic (exact) mass is 330 g/mol. The summed E-state index contributed by atoms with van der Waals surface area (Å²) in [4.78, 5) is -0.357. The second kappa shape index (κ2) is 8.40. The van der Waals surface area contributed by atoms with Crippen LogP contribution in [-0.2, 0) is 17.7 Å². The van der Waals surface area contributed by atoms with Gasteiger partial charge in [0.25, 0.3) is 0 Å². The van der Waals surface area contributed by atoms with Crippen molar-refractivity contribution in [3.8, 4) is 5.75 Å². The molecule has 23 heavy (non-hydrogen) atoms. The van der Waals surface area contributed by atoms with Crippen LogP contribution in [0, 0.1) is 0 Å². The Morgan fingerprint density at radius 2 is 1.70 bits per heavy atom. The van der Waals surface area contributed by atoms with Gasteiger partial charge in [-0.15, -0.1) is 11.6 Å². The van der Waals surface area contributed by atoms with E-state index in [1.54, 1.807) is 0 Å². The number of hydrogen-bond acceptors (Lipinski definition) is 1. The number of unbranched alkanes of at least 4 members (excludes halogenated alkanes) is 1. The molecule has 0 bridgehead atoms. The van der Waals surface area contributed by atoms with Crippen LogP contribution in [0.3, 0.4) is 0 Å². The topological polar surface area (TPSA) is 9.23 Å². The summed E-state index contributed by atoms with van der Waals surface area (Å²) >= 11 is 6.62. The van der Waals surface area contributed by atoms with Crippen molar-refractivity contribution in [2.45, 2.75) is 51.3 Å². The average molecular weight is 331 g/mol. The molecule has 1 nitrogen and oxygen atoms in total. The predicted molar refractivity (Wildman–Crippen MR) is 99.6 cm³/mol. The van der Waals surface area contributed by atoms with Crippen molar-refractivity contribution in [1.29, 1.82) is 0 Å². The first-order chi connectivity index (χ1) is 11.0. The Morgan fingerprint density at radius 1 is 0.957 bits per heavy atom. The summed E-state index contributed by atoms with van der Waals surface area (Å²) in [6, 6.07) is 16.5. The third-order valence-electron chi connectivity index (χ3n) is 4.08. The van der Waals surface area contributed by atoms with Crippen molar-refractivity contribution in [1.82, 2.24) is 0 Å². The molecule has 0 aromatic heterocycles. The van der Waals surface area contributed by atoms with Gasteiger partial charge in [0.15, 0.2) is 0 Å². The molecule has 0 saturated carbocycles. The van der Waals surface area contributed by atoms with E-state index in [1.807, 2.05) is 30.3 Å². The van der Waals surface area contributed by atoms with E-state index in [0.717, 1.165) is 18.6 Å². The van der Waals surface area contributed by atoms with Gasteiger partial charge in [-0.3, -0.25) is 0 Å². The lowest BCUT2D eigenvalue weighted by molar-refractivity contribution is 0.321. The largest absolute Gasteiger partial charge is 0.493 e. The summed E-state index contributed by atoms with van der Waals surface area (Å²) in [5.74, 6) is 0.922. The SMILES string of the molecule is CCCCc1cccc(C(C)(C)Cl)c1CCOc1ccccc1. The highest BCUT2D eigenvalue weighted by Crippen LogP contribution is 2.33. The van der Waals surface area contributed by atoms with Gasteiger partial charge in [-0.25, -0.2) is 0 Å². The number of para-hydroxylation sites is 1. The maximum atomic E-state index is 6.62. The number of benzene rings is 2. The minimum absolute atomic E-state index is 0.357. The quantitative estimate of drug-likeness (QED) is 0.529. The van der Waals surface area contributed by atoms with Crippen molar-refractivity contribution < 1.29 is 4.74 Å². The highest BCUT2D eigenvalue weighted by atomic mass is 35.5. The molecule has 0 saturated heterocycles. The molecule has 0 amide bonds. The molecule has 0 aliphatic rings. The molecule has 0 fully saturated rings. The predicted octanol–water partition coefficient (Wildman–Crippen LogP) is 6.12. The summed E-state index contributed by atoms with van der Waals surface area (Å²) in [6.07, 6.45) is 4.41. The third kappa shape index (κ3) is 5.28. The number of rotatable bonds is 8. The van der Waals surface area contributed by atoms with E-state index in [1.165, 1.54) is 29.5 Å². The zero-order valence-corrected chi connectivity index (χ0v) is 15.2. The molecule has 0 unspecified atom stereocenters. The van der Waals surface area contributed by atoms with Crippen LogP contribution in [-0.4, -0.2) is 6.61 Å². The van der Waals surface area contributed by atoms with Gasteiger partial charge in [-0.1, -0.05) is 49.7 Å². The molecule has 124 valence electrons. The molecule has 2 aromatic rings. The van der Waals surface area contributed by atoms with Gasteiger partial charge in [0.1, 0.15) is 5.75 Å². The van der Waals surface area contributed by atoms with E-state index in [4.69, 9.17) is 16.3 Å². The van der Waals surface area contributed by atoms with Crippen molar-refractivity contribution in [3.63, 3.8) is 0 Å². The van der Waals surface area contributed by atoms with Crippen LogP contribution in [0.1, 0.15) is 50.3 Å². The van der Waals surface area contributed by atoms with Crippen molar-refractivity contribution in [3.05, 3.63) is 65.2 Å². The molecule has 0 radical (unpaired) electrons.